The molecule has 0 saturated carbocycles. The molecule has 0 aliphatic carbocycles. The average molecular weight is 336 g/mol. The Morgan fingerprint density at radius 1 is 1.30 bits per heavy atom. The van der Waals surface area contributed by atoms with Crippen LogP contribution in [0.15, 0.2) is 41.0 Å². The zero-order chi connectivity index (χ0) is 14.4. The predicted octanol–water partition coefficient (Wildman–Crippen LogP) is 3.85. The molecule has 1 aromatic carbocycles. The minimum atomic E-state index is 0.501. The van der Waals surface area contributed by atoms with Gasteiger partial charge in [-0.3, -0.25) is 0 Å². The van der Waals surface area contributed by atoms with Crippen molar-refractivity contribution in [2.24, 2.45) is 0 Å². The van der Waals surface area contributed by atoms with Crippen LogP contribution in [-0.2, 0) is 0 Å². The molecule has 1 unspecified atom stereocenters. The molecule has 20 heavy (non-hydrogen) atoms. The van der Waals surface area contributed by atoms with Crippen LogP contribution in [0.3, 0.4) is 0 Å². The summed E-state index contributed by atoms with van der Waals surface area (Å²) >= 11 is 3.33. The molecule has 0 amide bonds. The number of halogens is 1. The minimum absolute atomic E-state index is 0.501. The molecule has 1 heterocycles. The molecule has 0 saturated heterocycles. The summed E-state index contributed by atoms with van der Waals surface area (Å²) in [6, 6.07) is 10.5. The molecule has 106 valence electrons. The molecule has 4 nitrogen and oxygen atoms in total. The average Bonchev–Trinajstić information content (AvgIpc) is 2.49. The lowest BCUT2D eigenvalue weighted by Crippen LogP contribution is -2.09. The Labute approximate surface area is 127 Å². The lowest BCUT2D eigenvalue weighted by molar-refractivity contribution is 0.394. The first-order valence-electron chi connectivity index (χ1n) is 6.56. The second-order valence-corrected chi connectivity index (χ2v) is 5.43. The van der Waals surface area contributed by atoms with Crippen molar-refractivity contribution in [2.75, 3.05) is 19.0 Å². The van der Waals surface area contributed by atoms with Gasteiger partial charge in [-0.25, -0.2) is 4.98 Å². The van der Waals surface area contributed by atoms with E-state index >= 15 is 0 Å². The van der Waals surface area contributed by atoms with Gasteiger partial charge >= 0.3 is 0 Å². The highest BCUT2D eigenvalue weighted by atomic mass is 79.9. The Morgan fingerprint density at radius 3 is 2.75 bits per heavy atom. The van der Waals surface area contributed by atoms with E-state index in [2.05, 4.69) is 62.4 Å². The molecule has 1 N–H and O–H groups in total. The summed E-state index contributed by atoms with van der Waals surface area (Å²) in [5, 5.41) is 3.22. The van der Waals surface area contributed by atoms with Gasteiger partial charge in [0.1, 0.15) is 0 Å². The van der Waals surface area contributed by atoms with E-state index in [0.29, 0.717) is 17.7 Å². The highest BCUT2D eigenvalue weighted by Crippen LogP contribution is 2.22. The number of hydrogen-bond donors (Lipinski definition) is 1. The topological polar surface area (TPSA) is 47.0 Å². The van der Waals surface area contributed by atoms with Crippen LogP contribution in [0, 0.1) is 0 Å². The minimum Gasteiger partial charge on any atom is -0.480 e. The number of aromatic nitrogens is 2. The van der Waals surface area contributed by atoms with Gasteiger partial charge in [-0.1, -0.05) is 37.3 Å². The van der Waals surface area contributed by atoms with Crippen LogP contribution in [0.4, 0.5) is 5.95 Å². The lowest BCUT2D eigenvalue weighted by atomic mass is 9.98. The summed E-state index contributed by atoms with van der Waals surface area (Å²) in [6.07, 6.45) is 2.71. The molecule has 0 fully saturated rings. The Bertz CT molecular complexity index is 548. The van der Waals surface area contributed by atoms with Crippen LogP contribution in [0.5, 0.6) is 5.88 Å². The smallest absolute Gasteiger partial charge is 0.232 e. The molecular weight excluding hydrogens is 318 g/mol. The van der Waals surface area contributed by atoms with Crippen molar-refractivity contribution in [1.82, 2.24) is 9.97 Å². The summed E-state index contributed by atoms with van der Waals surface area (Å²) in [7, 11) is 1.59. The maximum absolute atomic E-state index is 5.14. The van der Waals surface area contributed by atoms with Crippen molar-refractivity contribution in [2.45, 2.75) is 19.3 Å². The second-order valence-electron chi connectivity index (χ2n) is 4.58. The van der Waals surface area contributed by atoms with Gasteiger partial charge in [0.25, 0.3) is 0 Å². The SMILES string of the molecule is COc1nc(NCCC(C)c2ccccc2)ncc1Br. The van der Waals surface area contributed by atoms with Crippen LogP contribution in [0.1, 0.15) is 24.8 Å². The summed E-state index contributed by atoms with van der Waals surface area (Å²) in [5.41, 5.74) is 1.35. The van der Waals surface area contributed by atoms with Crippen LogP contribution in [-0.4, -0.2) is 23.6 Å². The molecule has 2 rings (SSSR count). The van der Waals surface area contributed by atoms with E-state index in [-0.39, 0.29) is 0 Å². The van der Waals surface area contributed by atoms with E-state index in [9.17, 15) is 0 Å². The van der Waals surface area contributed by atoms with Crippen molar-refractivity contribution in [3.8, 4) is 5.88 Å². The fraction of sp³-hybridized carbons (Fsp3) is 0.333. The fourth-order valence-corrected chi connectivity index (χ4v) is 2.28. The van der Waals surface area contributed by atoms with Gasteiger partial charge in [-0.15, -0.1) is 0 Å². The largest absolute Gasteiger partial charge is 0.480 e. The van der Waals surface area contributed by atoms with E-state index in [1.807, 2.05) is 6.07 Å². The maximum atomic E-state index is 5.14. The van der Waals surface area contributed by atoms with E-state index in [1.165, 1.54) is 5.56 Å². The Hall–Kier alpha value is -1.62. The molecule has 1 aromatic heterocycles. The van der Waals surface area contributed by atoms with Crippen molar-refractivity contribution < 1.29 is 4.74 Å². The normalized spacial score (nSPS) is 11.9. The lowest BCUT2D eigenvalue weighted by Gasteiger charge is -2.12. The van der Waals surface area contributed by atoms with Crippen LogP contribution >= 0.6 is 15.9 Å². The van der Waals surface area contributed by atoms with Gasteiger partial charge in [0, 0.05) is 6.54 Å². The van der Waals surface area contributed by atoms with E-state index in [0.717, 1.165) is 17.4 Å². The molecule has 0 bridgehead atoms. The first kappa shape index (κ1) is 14.8. The molecule has 0 aliphatic rings. The number of nitrogens with zero attached hydrogens (tertiary/aromatic N) is 2. The fourth-order valence-electron chi connectivity index (χ4n) is 1.93. The van der Waals surface area contributed by atoms with Gasteiger partial charge in [0.15, 0.2) is 0 Å². The zero-order valence-corrected chi connectivity index (χ0v) is 13.2. The Balaban J connectivity index is 1.87. The van der Waals surface area contributed by atoms with E-state index in [1.54, 1.807) is 13.3 Å². The van der Waals surface area contributed by atoms with E-state index < -0.39 is 0 Å². The van der Waals surface area contributed by atoms with Crippen molar-refractivity contribution >= 4 is 21.9 Å². The number of methoxy groups -OCH3 is 1. The van der Waals surface area contributed by atoms with Crippen LogP contribution < -0.4 is 10.1 Å². The predicted molar refractivity (Wildman–Crippen MR) is 84.2 cm³/mol. The van der Waals surface area contributed by atoms with Gasteiger partial charge in [0.05, 0.1) is 17.8 Å². The zero-order valence-electron chi connectivity index (χ0n) is 11.6. The standard InChI is InChI=1S/C15H18BrN3O/c1-11(12-6-4-3-5-7-12)8-9-17-15-18-10-13(16)14(19-15)20-2/h3-7,10-11H,8-9H2,1-2H3,(H,17,18,19). The van der Waals surface area contributed by atoms with Gasteiger partial charge in [-0.05, 0) is 33.8 Å². The summed E-state index contributed by atoms with van der Waals surface area (Å²) in [5.74, 6) is 1.63. The Morgan fingerprint density at radius 2 is 2.05 bits per heavy atom. The third-order valence-corrected chi connectivity index (χ3v) is 3.68. The first-order chi connectivity index (χ1) is 9.70. The monoisotopic (exact) mass is 335 g/mol. The summed E-state index contributed by atoms with van der Waals surface area (Å²) in [6.45, 7) is 3.04. The molecular formula is C15H18BrN3O. The highest BCUT2D eigenvalue weighted by molar-refractivity contribution is 9.10. The van der Waals surface area contributed by atoms with Gasteiger partial charge in [-0.2, -0.15) is 4.98 Å². The molecule has 5 heteroatoms. The van der Waals surface area contributed by atoms with Gasteiger partial charge in [0.2, 0.25) is 11.8 Å². The quantitative estimate of drug-likeness (QED) is 0.870. The van der Waals surface area contributed by atoms with Crippen LogP contribution in [0.2, 0.25) is 0 Å². The third kappa shape index (κ3) is 3.93. The van der Waals surface area contributed by atoms with Crippen LogP contribution in [0.25, 0.3) is 0 Å². The second kappa shape index (κ2) is 7.24. The maximum Gasteiger partial charge on any atom is 0.232 e. The molecule has 0 spiro atoms. The number of hydrogen-bond acceptors (Lipinski definition) is 4. The van der Waals surface area contributed by atoms with E-state index in [4.69, 9.17) is 4.74 Å². The van der Waals surface area contributed by atoms with Crippen molar-refractivity contribution in [3.63, 3.8) is 0 Å². The summed E-state index contributed by atoms with van der Waals surface area (Å²) in [4.78, 5) is 8.48. The number of ether oxygens (including phenoxy) is 1. The number of nitrogens with one attached hydrogen (secondary N) is 1. The summed E-state index contributed by atoms with van der Waals surface area (Å²) < 4.78 is 5.90. The van der Waals surface area contributed by atoms with Crippen molar-refractivity contribution in [1.29, 1.82) is 0 Å². The Kier molecular flexibility index (Phi) is 5.35. The molecule has 1 atom stereocenters. The highest BCUT2D eigenvalue weighted by Gasteiger charge is 2.07. The van der Waals surface area contributed by atoms with Crippen molar-refractivity contribution in [3.05, 3.63) is 46.6 Å². The number of anilines is 1. The van der Waals surface area contributed by atoms with Gasteiger partial charge < -0.3 is 10.1 Å². The molecule has 0 aliphatic heterocycles. The third-order valence-electron chi connectivity index (χ3n) is 3.13. The number of rotatable bonds is 6. The molecule has 0 radical (unpaired) electrons. The number of benzene rings is 1. The first-order valence-corrected chi connectivity index (χ1v) is 7.35. The molecule has 2 aromatic rings.